The molecule has 0 radical (unpaired) electrons. The van der Waals surface area contributed by atoms with Crippen LogP contribution in [0.3, 0.4) is 0 Å². The third-order valence-corrected chi connectivity index (χ3v) is 5.51. The first kappa shape index (κ1) is 23.6. The lowest BCUT2D eigenvalue weighted by atomic mass is 9.96. The molecule has 0 bridgehead atoms. The van der Waals surface area contributed by atoms with Gasteiger partial charge in [-0.3, -0.25) is 19.9 Å². The minimum atomic E-state index is -0.911. The lowest BCUT2D eigenvalue weighted by Gasteiger charge is -2.21. The topological polar surface area (TPSA) is 123 Å². The molecule has 1 atom stereocenters. The van der Waals surface area contributed by atoms with E-state index in [0.717, 1.165) is 62.1 Å². The molecule has 1 fully saturated rings. The van der Waals surface area contributed by atoms with E-state index in [1.807, 2.05) is 0 Å². The Labute approximate surface area is 178 Å². The average molecular weight is 440 g/mol. The van der Waals surface area contributed by atoms with Gasteiger partial charge in [0.2, 0.25) is 5.91 Å². The van der Waals surface area contributed by atoms with Gasteiger partial charge in [0.1, 0.15) is 11.9 Å². The molecule has 11 heteroatoms. The number of benzene rings is 1. The number of rotatable bonds is 7. The van der Waals surface area contributed by atoms with Crippen LogP contribution in [0.5, 0.6) is 0 Å². The van der Waals surface area contributed by atoms with Crippen molar-refractivity contribution in [2.24, 2.45) is 4.99 Å². The first-order valence-electron chi connectivity index (χ1n) is 9.56. The van der Waals surface area contributed by atoms with Gasteiger partial charge in [0.25, 0.3) is 5.69 Å². The Morgan fingerprint density at radius 3 is 2.67 bits per heavy atom. The van der Waals surface area contributed by atoms with Crippen molar-refractivity contribution in [1.82, 2.24) is 5.32 Å². The number of thioether (sulfide) groups is 1. The second-order valence-electron chi connectivity index (χ2n) is 6.86. The maximum atomic E-state index is 14.2. The van der Waals surface area contributed by atoms with Crippen molar-refractivity contribution in [3.05, 3.63) is 34.1 Å². The van der Waals surface area contributed by atoms with Gasteiger partial charge < -0.3 is 15.4 Å². The Kier molecular flexibility index (Phi) is 9.03. The molecular weight excluding hydrogens is 415 g/mol. The number of nitro groups is 1. The van der Waals surface area contributed by atoms with Gasteiger partial charge in [-0.2, -0.15) is 0 Å². The van der Waals surface area contributed by atoms with Crippen LogP contribution in [0.25, 0.3) is 0 Å². The molecule has 30 heavy (non-hydrogen) atoms. The summed E-state index contributed by atoms with van der Waals surface area (Å²) in [4.78, 5) is 38.4. The molecule has 9 nitrogen and oxygen atoms in total. The zero-order valence-electron chi connectivity index (χ0n) is 16.9. The predicted octanol–water partition coefficient (Wildman–Crippen LogP) is 3.25. The van der Waals surface area contributed by atoms with E-state index < -0.39 is 28.7 Å². The number of nitrogens with one attached hydrogen (secondary N) is 2. The van der Waals surface area contributed by atoms with Crippen LogP contribution >= 0.6 is 11.8 Å². The molecule has 1 aromatic carbocycles. The molecule has 1 aliphatic carbocycles. The summed E-state index contributed by atoms with van der Waals surface area (Å²) < 4.78 is 19.0. The predicted molar refractivity (Wildman–Crippen MR) is 113 cm³/mol. The Balaban J connectivity index is 2.23. The van der Waals surface area contributed by atoms with Crippen molar-refractivity contribution in [3.63, 3.8) is 0 Å². The van der Waals surface area contributed by atoms with Gasteiger partial charge >= 0.3 is 5.97 Å². The molecule has 1 unspecified atom stereocenters. The van der Waals surface area contributed by atoms with E-state index in [1.54, 1.807) is 0 Å². The largest absolute Gasteiger partial charge is 0.467 e. The van der Waals surface area contributed by atoms with E-state index in [1.165, 1.54) is 14.0 Å². The summed E-state index contributed by atoms with van der Waals surface area (Å²) in [6.45, 7) is 1.29. The lowest BCUT2D eigenvalue weighted by molar-refractivity contribution is -0.384. The van der Waals surface area contributed by atoms with Gasteiger partial charge in [-0.25, -0.2) is 9.18 Å². The van der Waals surface area contributed by atoms with Crippen molar-refractivity contribution < 1.29 is 23.6 Å². The van der Waals surface area contributed by atoms with E-state index in [2.05, 4.69) is 15.6 Å². The molecule has 1 saturated carbocycles. The normalized spacial score (nSPS) is 15.9. The van der Waals surface area contributed by atoms with Gasteiger partial charge in [0, 0.05) is 24.8 Å². The van der Waals surface area contributed by atoms with Crippen molar-refractivity contribution in [2.45, 2.75) is 51.1 Å². The Morgan fingerprint density at radius 1 is 1.37 bits per heavy atom. The number of carbonyl (C=O) groups is 2. The van der Waals surface area contributed by atoms with Crippen LogP contribution in [0, 0.1) is 15.9 Å². The highest BCUT2D eigenvalue weighted by atomic mass is 32.2. The monoisotopic (exact) mass is 440 g/mol. The first-order chi connectivity index (χ1) is 14.3. The summed E-state index contributed by atoms with van der Waals surface area (Å²) in [5.41, 5.74) is -0.341. The van der Waals surface area contributed by atoms with Crippen LogP contribution in [0.4, 0.5) is 15.8 Å². The Hall–Kier alpha value is -2.69. The van der Waals surface area contributed by atoms with Gasteiger partial charge in [0.15, 0.2) is 5.17 Å². The highest BCUT2D eigenvalue weighted by Crippen LogP contribution is 2.25. The minimum Gasteiger partial charge on any atom is -0.467 e. The smallest absolute Gasteiger partial charge is 0.329 e. The van der Waals surface area contributed by atoms with E-state index in [0.29, 0.717) is 5.17 Å². The number of nitro benzene ring substituents is 1. The molecule has 0 heterocycles. The molecule has 2 N–H and O–H groups in total. The number of carbonyl (C=O) groups excluding carboxylic acids is 2. The quantitative estimate of drug-likeness (QED) is 0.219. The van der Waals surface area contributed by atoms with Crippen LogP contribution in [0.1, 0.15) is 39.0 Å². The van der Waals surface area contributed by atoms with Crippen LogP contribution in [-0.2, 0) is 14.3 Å². The number of hydrogen-bond donors (Lipinski definition) is 2. The number of anilines is 1. The molecule has 1 aliphatic rings. The van der Waals surface area contributed by atoms with Gasteiger partial charge in [-0.15, -0.1) is 0 Å². The van der Waals surface area contributed by atoms with E-state index in [4.69, 9.17) is 4.74 Å². The van der Waals surface area contributed by atoms with Crippen molar-refractivity contribution in [1.29, 1.82) is 0 Å². The number of amides is 1. The minimum absolute atomic E-state index is 0.0350. The summed E-state index contributed by atoms with van der Waals surface area (Å²) in [5.74, 6) is -1.57. The summed E-state index contributed by atoms with van der Waals surface area (Å²) in [5, 5.41) is 16.7. The highest BCUT2D eigenvalue weighted by molar-refractivity contribution is 8.14. The zero-order valence-corrected chi connectivity index (χ0v) is 17.7. The summed E-state index contributed by atoms with van der Waals surface area (Å²) in [6.07, 6.45) is 4.97. The number of aliphatic imine (C=N–C) groups is 1. The number of hydrogen-bond acceptors (Lipinski definition) is 7. The average Bonchev–Trinajstić information content (AvgIpc) is 2.72. The summed E-state index contributed by atoms with van der Waals surface area (Å²) in [6, 6.07) is 2.31. The molecule has 2 rings (SSSR count). The molecule has 0 aromatic heterocycles. The molecule has 1 aromatic rings. The summed E-state index contributed by atoms with van der Waals surface area (Å²) >= 11 is 1.11. The number of halogens is 1. The van der Waals surface area contributed by atoms with Crippen LogP contribution in [0.15, 0.2) is 23.2 Å². The number of non-ortho nitro benzene ring substituents is 1. The summed E-state index contributed by atoms with van der Waals surface area (Å²) in [7, 11) is 1.22. The molecule has 164 valence electrons. The molecular formula is C19H25FN4O5S. The second-order valence-corrected chi connectivity index (χ2v) is 7.87. The van der Waals surface area contributed by atoms with E-state index in [-0.39, 0.29) is 23.2 Å². The van der Waals surface area contributed by atoms with E-state index >= 15 is 0 Å². The lowest BCUT2D eigenvalue weighted by Crippen LogP contribution is -2.42. The van der Waals surface area contributed by atoms with Gasteiger partial charge in [-0.05, 0) is 18.9 Å². The SMILES string of the molecule is COC(=O)C(CSC(=NC1CCCCC1)Nc1cc([N+](=O)[O-])ccc1F)NC(C)=O. The maximum Gasteiger partial charge on any atom is 0.329 e. The number of ether oxygens (including phenoxy) is 1. The number of amidine groups is 1. The number of methoxy groups -OCH3 is 1. The Bertz CT molecular complexity index is 814. The second kappa shape index (κ2) is 11.5. The number of nitrogens with zero attached hydrogens (tertiary/aromatic N) is 2. The molecule has 1 amide bonds. The third-order valence-electron chi connectivity index (χ3n) is 4.53. The molecule has 0 spiro atoms. The standard InChI is InChI=1S/C19H25FN4O5S/c1-12(25)21-17(18(26)29-2)11-30-19(22-13-6-4-3-5-7-13)23-16-10-14(24(27)28)8-9-15(16)20/h8-10,13,17H,3-7,11H2,1-2H3,(H,21,25)(H,22,23). The fourth-order valence-electron chi connectivity index (χ4n) is 3.04. The fraction of sp³-hybridized carbons (Fsp3) is 0.526. The van der Waals surface area contributed by atoms with Crippen LogP contribution in [0.2, 0.25) is 0 Å². The van der Waals surface area contributed by atoms with Crippen molar-refractivity contribution in [3.8, 4) is 0 Å². The van der Waals surface area contributed by atoms with Crippen LogP contribution < -0.4 is 10.6 Å². The van der Waals surface area contributed by atoms with Crippen molar-refractivity contribution in [2.75, 3.05) is 18.2 Å². The first-order valence-corrected chi connectivity index (χ1v) is 10.5. The highest BCUT2D eigenvalue weighted by Gasteiger charge is 2.23. The Morgan fingerprint density at radius 2 is 2.07 bits per heavy atom. The zero-order chi connectivity index (χ0) is 22.1. The van der Waals surface area contributed by atoms with Gasteiger partial charge in [0.05, 0.1) is 23.8 Å². The van der Waals surface area contributed by atoms with E-state index in [9.17, 15) is 24.1 Å². The fourth-order valence-corrected chi connectivity index (χ4v) is 3.99. The maximum absolute atomic E-state index is 14.2. The van der Waals surface area contributed by atoms with Crippen molar-refractivity contribution >= 4 is 40.2 Å². The third kappa shape index (κ3) is 7.29. The number of esters is 1. The van der Waals surface area contributed by atoms with Gasteiger partial charge in [-0.1, -0.05) is 31.0 Å². The molecule has 0 saturated heterocycles. The van der Waals surface area contributed by atoms with Crippen LogP contribution in [-0.4, -0.2) is 46.9 Å². The molecule has 0 aliphatic heterocycles.